The summed E-state index contributed by atoms with van der Waals surface area (Å²) < 4.78 is 0. The molecule has 3 heteroatoms. The number of nitrogens with two attached hydrogens (primary N) is 1. The molecule has 0 heterocycles. The molecule has 0 aromatic heterocycles. The molecule has 0 aliphatic carbocycles. The second-order valence-electron chi connectivity index (χ2n) is 10.2. The van der Waals surface area contributed by atoms with Crippen molar-refractivity contribution in [2.45, 2.75) is 110 Å². The molecule has 0 amide bonds. The smallest absolute Gasteiger partial charge is 0.137 e. The van der Waals surface area contributed by atoms with Crippen LogP contribution in [-0.2, 0) is 0 Å². The van der Waals surface area contributed by atoms with E-state index in [0.717, 1.165) is 25.7 Å². The average molecular weight is 364 g/mol. The second kappa shape index (κ2) is 8.75. The molecule has 2 N–H and O–H groups in total. The van der Waals surface area contributed by atoms with E-state index in [2.05, 4.69) is 90.7 Å². The minimum Gasteiger partial charge on any atom is -0.328 e. The van der Waals surface area contributed by atoms with E-state index in [0.29, 0.717) is 10.1 Å². The van der Waals surface area contributed by atoms with Gasteiger partial charge in [-0.2, -0.15) is 0 Å². The van der Waals surface area contributed by atoms with Crippen LogP contribution in [0.1, 0.15) is 67.2 Å². The van der Waals surface area contributed by atoms with E-state index in [4.69, 9.17) is 5.73 Å². The normalized spacial score (nSPS) is 13.2. The van der Waals surface area contributed by atoms with Gasteiger partial charge in [0.2, 0.25) is 0 Å². The van der Waals surface area contributed by atoms with Crippen LogP contribution in [0.5, 0.6) is 0 Å². The Labute approximate surface area is 154 Å². The maximum absolute atomic E-state index is 6.23. The molecule has 0 aromatic rings. The number of hydrogen-bond acceptors (Lipinski definition) is 1. The third kappa shape index (κ3) is 8.06. The fourth-order valence-corrected chi connectivity index (χ4v) is 3.49. The Morgan fingerprint density at radius 3 is 1.25 bits per heavy atom. The lowest BCUT2D eigenvalue weighted by molar-refractivity contribution is 0.588. The Morgan fingerprint density at radius 1 is 0.708 bits per heavy atom. The summed E-state index contributed by atoms with van der Waals surface area (Å²) in [5.41, 5.74) is 13.4. The molecule has 24 heavy (non-hydrogen) atoms. The first-order valence-electron chi connectivity index (χ1n) is 9.36. The molecule has 0 unspecified atom stereocenters. The zero-order chi connectivity index (χ0) is 19.2. The minimum atomic E-state index is -1.47. The van der Waals surface area contributed by atoms with Gasteiger partial charge < -0.3 is 5.73 Å². The fourth-order valence-electron chi connectivity index (χ4n) is 1.60. The fraction of sp³-hybridized carbons (Fsp3) is 0.810. The van der Waals surface area contributed by atoms with Crippen molar-refractivity contribution in [1.29, 1.82) is 0 Å². The van der Waals surface area contributed by atoms with Crippen molar-refractivity contribution in [3.63, 3.8) is 0 Å². The second-order valence-corrected chi connectivity index (χ2v) is 20.2. The van der Waals surface area contributed by atoms with Gasteiger partial charge in [-0.1, -0.05) is 67.7 Å². The third-order valence-corrected chi connectivity index (χ3v) is 14.9. The Bertz CT molecular complexity index is 462. The van der Waals surface area contributed by atoms with Gasteiger partial charge in [-0.05, 0) is 22.9 Å². The zero-order valence-corrected chi connectivity index (χ0v) is 20.0. The molecule has 0 aliphatic rings. The van der Waals surface area contributed by atoms with E-state index in [1.807, 2.05) is 0 Å². The van der Waals surface area contributed by atoms with Gasteiger partial charge in [0, 0.05) is 18.9 Å². The molecular formula is C21H41NSi2. The highest BCUT2D eigenvalue weighted by Gasteiger charge is 2.34. The average Bonchev–Trinajstić information content (AvgIpc) is 2.37. The van der Waals surface area contributed by atoms with Crippen LogP contribution in [0.15, 0.2) is 0 Å². The van der Waals surface area contributed by atoms with Crippen LogP contribution in [-0.4, -0.2) is 22.2 Å². The summed E-state index contributed by atoms with van der Waals surface area (Å²) in [6, 6.07) is 0.229. The predicted octanol–water partition coefficient (Wildman–Crippen LogP) is 5.98. The Hall–Kier alpha value is -0.486. The zero-order valence-electron chi connectivity index (χ0n) is 18.0. The maximum atomic E-state index is 6.23. The van der Waals surface area contributed by atoms with Crippen molar-refractivity contribution in [3.8, 4) is 22.9 Å². The van der Waals surface area contributed by atoms with E-state index in [-0.39, 0.29) is 6.04 Å². The summed E-state index contributed by atoms with van der Waals surface area (Å²) in [7, 11) is -2.93. The van der Waals surface area contributed by atoms with Gasteiger partial charge in [0.1, 0.15) is 16.1 Å². The summed E-state index contributed by atoms with van der Waals surface area (Å²) in [5, 5.41) is 0.670. The van der Waals surface area contributed by atoms with Gasteiger partial charge in [-0.3, -0.25) is 0 Å². The van der Waals surface area contributed by atoms with Crippen LogP contribution in [0.4, 0.5) is 0 Å². The number of hydrogen-bond donors (Lipinski definition) is 1. The summed E-state index contributed by atoms with van der Waals surface area (Å²) in [6.07, 6.45) is 3.82. The van der Waals surface area contributed by atoms with E-state index >= 15 is 0 Å². The Balaban J connectivity index is 4.32. The summed E-state index contributed by atoms with van der Waals surface area (Å²) >= 11 is 0. The molecule has 0 spiro atoms. The highest BCUT2D eigenvalue weighted by Crippen LogP contribution is 2.35. The van der Waals surface area contributed by atoms with Crippen molar-refractivity contribution in [2.75, 3.05) is 0 Å². The molecular weight excluding hydrogens is 322 g/mol. The van der Waals surface area contributed by atoms with Crippen LogP contribution in [0, 0.1) is 22.9 Å². The lowest BCUT2D eigenvalue weighted by Crippen LogP contribution is -2.35. The Morgan fingerprint density at radius 2 is 1.00 bits per heavy atom. The van der Waals surface area contributed by atoms with Crippen LogP contribution in [0.2, 0.25) is 36.3 Å². The van der Waals surface area contributed by atoms with Crippen molar-refractivity contribution in [1.82, 2.24) is 0 Å². The molecule has 0 fully saturated rings. The van der Waals surface area contributed by atoms with Crippen LogP contribution in [0.25, 0.3) is 0 Å². The molecule has 0 radical (unpaired) electrons. The SMILES string of the molecule is CC(C)(C)[Si](C)(C)C#CCCC(N)CCC#C[Si](C)(C)C(C)(C)C. The van der Waals surface area contributed by atoms with Crippen molar-refractivity contribution >= 4 is 16.1 Å². The highest BCUT2D eigenvalue weighted by atomic mass is 28.3. The van der Waals surface area contributed by atoms with Gasteiger partial charge >= 0.3 is 0 Å². The summed E-state index contributed by atoms with van der Waals surface area (Å²) in [6.45, 7) is 23.3. The predicted molar refractivity (Wildman–Crippen MR) is 116 cm³/mol. The van der Waals surface area contributed by atoms with Crippen molar-refractivity contribution < 1.29 is 0 Å². The maximum Gasteiger partial charge on any atom is 0.137 e. The first-order chi connectivity index (χ1) is 10.6. The van der Waals surface area contributed by atoms with E-state index in [1.165, 1.54) is 0 Å². The van der Waals surface area contributed by atoms with Gasteiger partial charge in [-0.15, -0.1) is 22.9 Å². The molecule has 0 atom stereocenters. The van der Waals surface area contributed by atoms with Gasteiger partial charge in [0.05, 0.1) is 0 Å². The molecule has 0 rings (SSSR count). The van der Waals surface area contributed by atoms with E-state index in [1.54, 1.807) is 0 Å². The summed E-state index contributed by atoms with van der Waals surface area (Å²) in [5.74, 6) is 6.80. The standard InChI is InChI=1S/C21H41NSi2/c1-20(2,3)23(7,8)17-13-11-15-19(22)16-12-14-18-24(9,10)21(4,5)6/h19H,11-12,15-16,22H2,1-10H3. The van der Waals surface area contributed by atoms with Gasteiger partial charge in [0.25, 0.3) is 0 Å². The van der Waals surface area contributed by atoms with Crippen molar-refractivity contribution in [3.05, 3.63) is 0 Å². The molecule has 1 nitrogen and oxygen atoms in total. The molecule has 0 saturated carbocycles. The molecule has 0 aliphatic heterocycles. The highest BCUT2D eigenvalue weighted by molar-refractivity contribution is 6.88. The first kappa shape index (κ1) is 23.5. The number of rotatable bonds is 4. The first-order valence-corrected chi connectivity index (χ1v) is 15.4. The quantitative estimate of drug-likeness (QED) is 0.483. The van der Waals surface area contributed by atoms with Crippen molar-refractivity contribution in [2.24, 2.45) is 5.73 Å². The largest absolute Gasteiger partial charge is 0.328 e. The third-order valence-electron chi connectivity index (χ3n) is 5.83. The Kier molecular flexibility index (Phi) is 8.57. The molecule has 0 bridgehead atoms. The van der Waals surface area contributed by atoms with E-state index in [9.17, 15) is 0 Å². The van der Waals surface area contributed by atoms with Crippen LogP contribution in [0.3, 0.4) is 0 Å². The molecule has 138 valence electrons. The van der Waals surface area contributed by atoms with Gasteiger partial charge in [-0.25, -0.2) is 0 Å². The van der Waals surface area contributed by atoms with Crippen LogP contribution >= 0.6 is 0 Å². The minimum absolute atomic E-state index is 0.229. The van der Waals surface area contributed by atoms with Crippen LogP contribution < -0.4 is 5.73 Å². The van der Waals surface area contributed by atoms with E-state index < -0.39 is 16.1 Å². The lowest BCUT2D eigenvalue weighted by atomic mass is 10.1. The topological polar surface area (TPSA) is 26.0 Å². The molecule has 0 aromatic carbocycles. The van der Waals surface area contributed by atoms with Gasteiger partial charge in [0.15, 0.2) is 0 Å². The summed E-state index contributed by atoms with van der Waals surface area (Å²) in [4.78, 5) is 0. The lowest BCUT2D eigenvalue weighted by Gasteiger charge is -2.31. The monoisotopic (exact) mass is 363 g/mol. The molecule has 0 saturated heterocycles.